The third kappa shape index (κ3) is 6.47. The third-order valence-electron chi connectivity index (χ3n) is 5.30. The Morgan fingerprint density at radius 2 is 1.71 bits per heavy atom. The topological polar surface area (TPSA) is 12.5 Å². The number of nitrogens with zero attached hydrogens (tertiary/aromatic N) is 1. The molecule has 0 aromatic heterocycles. The van der Waals surface area contributed by atoms with Gasteiger partial charge in [-0.3, -0.25) is 0 Å². The van der Waals surface area contributed by atoms with Gasteiger partial charge < -0.3 is 9.64 Å². The van der Waals surface area contributed by atoms with Crippen LogP contribution in [0.25, 0.3) is 0 Å². The van der Waals surface area contributed by atoms with Gasteiger partial charge in [-0.05, 0) is 74.3 Å². The molecule has 0 amide bonds. The Labute approximate surface area is 149 Å². The molecule has 0 saturated carbocycles. The zero-order valence-electron chi connectivity index (χ0n) is 16.3. The molecule has 2 nitrogen and oxygen atoms in total. The molecule has 0 aliphatic carbocycles. The lowest BCUT2D eigenvalue weighted by Crippen LogP contribution is -2.34. The molecular weight excluding hydrogens is 294 g/mol. The third-order valence-corrected chi connectivity index (χ3v) is 5.30. The monoisotopic (exact) mass is 331 g/mol. The summed E-state index contributed by atoms with van der Waals surface area (Å²) in [6.45, 7) is 13.8. The van der Waals surface area contributed by atoms with Gasteiger partial charge in [0.15, 0.2) is 0 Å². The number of likely N-dealkylation sites (tertiary alicyclic amines) is 1. The van der Waals surface area contributed by atoms with Gasteiger partial charge in [0.25, 0.3) is 0 Å². The molecule has 1 aliphatic heterocycles. The molecular formula is C22H37NO. The lowest BCUT2D eigenvalue weighted by Gasteiger charge is -2.31. The average Bonchev–Trinajstić information content (AvgIpc) is 2.56. The molecule has 1 fully saturated rings. The summed E-state index contributed by atoms with van der Waals surface area (Å²) >= 11 is 0. The zero-order chi connectivity index (χ0) is 17.4. The number of piperidine rings is 1. The molecule has 136 valence electrons. The molecule has 1 heterocycles. The molecule has 0 spiro atoms. The molecule has 2 rings (SSSR count). The first kappa shape index (κ1) is 19.3. The van der Waals surface area contributed by atoms with E-state index >= 15 is 0 Å². The van der Waals surface area contributed by atoms with Crippen LogP contribution >= 0.6 is 0 Å². The Hall–Kier alpha value is -1.02. The van der Waals surface area contributed by atoms with Crippen molar-refractivity contribution < 1.29 is 4.74 Å². The first-order valence-electron chi connectivity index (χ1n) is 9.94. The summed E-state index contributed by atoms with van der Waals surface area (Å²) in [4.78, 5) is 2.65. The molecule has 0 unspecified atom stereocenters. The fourth-order valence-electron chi connectivity index (χ4n) is 3.48. The maximum atomic E-state index is 5.97. The van der Waals surface area contributed by atoms with Crippen molar-refractivity contribution in [1.29, 1.82) is 0 Å². The quantitative estimate of drug-likeness (QED) is 0.570. The van der Waals surface area contributed by atoms with Crippen molar-refractivity contribution in [2.45, 2.75) is 71.6 Å². The van der Waals surface area contributed by atoms with Crippen LogP contribution in [0.5, 0.6) is 5.75 Å². The minimum Gasteiger partial charge on any atom is -0.494 e. The van der Waals surface area contributed by atoms with Crippen LogP contribution in [0, 0.1) is 5.92 Å². The van der Waals surface area contributed by atoms with Crippen molar-refractivity contribution in [2.24, 2.45) is 5.92 Å². The Balaban J connectivity index is 1.63. The van der Waals surface area contributed by atoms with Crippen LogP contribution < -0.4 is 4.74 Å². The van der Waals surface area contributed by atoms with E-state index in [1.165, 1.54) is 63.7 Å². The first-order chi connectivity index (χ1) is 11.5. The van der Waals surface area contributed by atoms with Crippen molar-refractivity contribution >= 4 is 0 Å². The summed E-state index contributed by atoms with van der Waals surface area (Å²) in [6, 6.07) is 8.64. The van der Waals surface area contributed by atoms with E-state index in [1.54, 1.807) is 0 Å². The summed E-state index contributed by atoms with van der Waals surface area (Å²) in [5.74, 6) is 1.86. The lowest BCUT2D eigenvalue weighted by atomic mass is 9.87. The van der Waals surface area contributed by atoms with Gasteiger partial charge in [-0.1, -0.05) is 52.7 Å². The number of unbranched alkanes of at least 4 members (excludes halogenated alkanes) is 2. The van der Waals surface area contributed by atoms with Crippen molar-refractivity contribution in [3.05, 3.63) is 29.8 Å². The van der Waals surface area contributed by atoms with E-state index < -0.39 is 0 Å². The van der Waals surface area contributed by atoms with Crippen molar-refractivity contribution in [1.82, 2.24) is 4.90 Å². The Kier molecular flexibility index (Phi) is 7.61. The van der Waals surface area contributed by atoms with Crippen LogP contribution in [-0.4, -0.2) is 31.1 Å². The van der Waals surface area contributed by atoms with E-state index in [0.29, 0.717) is 0 Å². The number of rotatable bonds is 8. The van der Waals surface area contributed by atoms with E-state index in [1.807, 2.05) is 0 Å². The highest BCUT2D eigenvalue weighted by atomic mass is 16.5. The van der Waals surface area contributed by atoms with E-state index in [9.17, 15) is 0 Å². The Bertz CT molecular complexity index is 452. The van der Waals surface area contributed by atoms with Crippen molar-refractivity contribution in [2.75, 3.05) is 26.2 Å². The number of benzene rings is 1. The largest absolute Gasteiger partial charge is 0.494 e. The highest BCUT2D eigenvalue weighted by Gasteiger charge is 2.18. The van der Waals surface area contributed by atoms with Crippen molar-refractivity contribution in [3.63, 3.8) is 0 Å². The highest BCUT2D eigenvalue weighted by molar-refractivity contribution is 5.31. The molecule has 0 bridgehead atoms. The summed E-state index contributed by atoms with van der Waals surface area (Å²) in [6.07, 6.45) is 7.96. The van der Waals surface area contributed by atoms with Gasteiger partial charge in [-0.15, -0.1) is 0 Å². The fraction of sp³-hybridized carbons (Fsp3) is 0.727. The van der Waals surface area contributed by atoms with Gasteiger partial charge in [0, 0.05) is 0 Å². The van der Waals surface area contributed by atoms with Crippen LogP contribution in [0.1, 0.15) is 71.8 Å². The molecule has 24 heavy (non-hydrogen) atoms. The second-order valence-corrected chi connectivity index (χ2v) is 8.40. The molecule has 0 atom stereocenters. The van der Waals surface area contributed by atoms with Gasteiger partial charge in [0.05, 0.1) is 6.61 Å². The summed E-state index contributed by atoms with van der Waals surface area (Å²) in [5.41, 5.74) is 1.58. The minimum absolute atomic E-state index is 0.212. The second-order valence-electron chi connectivity index (χ2n) is 8.40. The average molecular weight is 332 g/mol. The summed E-state index contributed by atoms with van der Waals surface area (Å²) in [7, 11) is 0. The molecule has 2 heteroatoms. The normalized spacial score (nSPS) is 17.2. The second kappa shape index (κ2) is 9.46. The molecule has 1 aromatic carbocycles. The number of hydrogen-bond donors (Lipinski definition) is 0. The first-order valence-corrected chi connectivity index (χ1v) is 9.94. The maximum Gasteiger partial charge on any atom is 0.119 e. The smallest absolute Gasteiger partial charge is 0.119 e. The molecule has 0 N–H and O–H groups in total. The van der Waals surface area contributed by atoms with Gasteiger partial charge >= 0.3 is 0 Å². The van der Waals surface area contributed by atoms with Gasteiger partial charge in [0.1, 0.15) is 5.75 Å². The SMILES string of the molecule is CCCCCN1CCC(CCOc2ccc(C(C)(C)C)cc2)CC1. The Morgan fingerprint density at radius 1 is 1.04 bits per heavy atom. The van der Waals surface area contributed by atoms with Crippen LogP contribution in [0.2, 0.25) is 0 Å². The zero-order valence-corrected chi connectivity index (χ0v) is 16.3. The van der Waals surface area contributed by atoms with Crippen LogP contribution in [0.3, 0.4) is 0 Å². The summed E-state index contributed by atoms with van der Waals surface area (Å²) < 4.78 is 5.97. The molecule has 1 aliphatic rings. The van der Waals surface area contributed by atoms with Gasteiger partial charge in [-0.25, -0.2) is 0 Å². The fourth-order valence-corrected chi connectivity index (χ4v) is 3.48. The van der Waals surface area contributed by atoms with Crippen LogP contribution in [0.15, 0.2) is 24.3 Å². The maximum absolute atomic E-state index is 5.97. The molecule has 0 radical (unpaired) electrons. The lowest BCUT2D eigenvalue weighted by molar-refractivity contribution is 0.161. The minimum atomic E-state index is 0.212. The highest BCUT2D eigenvalue weighted by Crippen LogP contribution is 2.25. The van der Waals surface area contributed by atoms with Gasteiger partial charge in [-0.2, -0.15) is 0 Å². The molecule has 1 aromatic rings. The van der Waals surface area contributed by atoms with Crippen LogP contribution in [-0.2, 0) is 5.41 Å². The van der Waals surface area contributed by atoms with Crippen LogP contribution in [0.4, 0.5) is 0 Å². The van der Waals surface area contributed by atoms with E-state index in [4.69, 9.17) is 4.74 Å². The number of ether oxygens (including phenoxy) is 1. The van der Waals surface area contributed by atoms with Gasteiger partial charge in [0.2, 0.25) is 0 Å². The van der Waals surface area contributed by atoms with E-state index in [2.05, 4.69) is 56.9 Å². The predicted molar refractivity (Wildman–Crippen MR) is 104 cm³/mol. The standard InChI is InChI=1S/C22H37NO/c1-5-6-7-15-23-16-12-19(13-17-23)14-18-24-21-10-8-20(9-11-21)22(2,3)4/h8-11,19H,5-7,12-18H2,1-4H3. The van der Waals surface area contributed by atoms with Crippen molar-refractivity contribution in [3.8, 4) is 5.75 Å². The Morgan fingerprint density at radius 3 is 2.29 bits per heavy atom. The number of hydrogen-bond acceptors (Lipinski definition) is 2. The summed E-state index contributed by atoms with van der Waals surface area (Å²) in [5, 5.41) is 0. The van der Waals surface area contributed by atoms with E-state index in [-0.39, 0.29) is 5.41 Å². The molecule has 1 saturated heterocycles. The van der Waals surface area contributed by atoms with E-state index in [0.717, 1.165) is 18.3 Å². The predicted octanol–water partition coefficient (Wildman–Crippen LogP) is 5.66.